The van der Waals surface area contributed by atoms with Gasteiger partial charge in [-0.05, 0) is 24.3 Å². The summed E-state index contributed by atoms with van der Waals surface area (Å²) in [4.78, 5) is 14.5. The van der Waals surface area contributed by atoms with Gasteiger partial charge in [-0.25, -0.2) is 9.36 Å². The quantitative estimate of drug-likeness (QED) is 0.711. The number of hydrogen-bond donors (Lipinski definition) is 2. The van der Waals surface area contributed by atoms with Gasteiger partial charge >= 0.3 is 5.69 Å². The maximum atomic E-state index is 11.9. The molecule has 2 N–H and O–H groups in total. The summed E-state index contributed by atoms with van der Waals surface area (Å²) < 4.78 is 2.01. The molecule has 3 aromatic rings. The predicted octanol–water partition coefficient (Wildman–Crippen LogP) is 2.74. The maximum Gasteiger partial charge on any atom is 0.331 e. The van der Waals surface area contributed by atoms with Gasteiger partial charge in [0.1, 0.15) is 16.3 Å². The van der Waals surface area contributed by atoms with Crippen LogP contribution in [0.15, 0.2) is 35.1 Å². The standard InChI is InChI=1S/C11H7ClN2O2S/c12-8-4-5-9(17-8)14-10-6(13-11(14)16)2-1-3-7(10)15/h1-5,15H,(H,13,16). The number of fused-ring (bicyclic) bond motifs is 1. The minimum atomic E-state index is -0.292. The highest BCUT2D eigenvalue weighted by Gasteiger charge is 2.13. The van der Waals surface area contributed by atoms with Gasteiger partial charge in [0.2, 0.25) is 0 Å². The summed E-state index contributed by atoms with van der Waals surface area (Å²) in [5.41, 5.74) is 0.774. The Balaban J connectivity index is 2.43. The SMILES string of the molecule is O=c1[nH]c2cccc(O)c2n1-c1ccc(Cl)s1. The Hall–Kier alpha value is -1.72. The molecule has 3 rings (SSSR count). The monoisotopic (exact) mass is 266 g/mol. The molecule has 0 bridgehead atoms. The van der Waals surface area contributed by atoms with E-state index in [2.05, 4.69) is 4.98 Å². The number of imidazole rings is 1. The van der Waals surface area contributed by atoms with E-state index in [-0.39, 0.29) is 11.4 Å². The van der Waals surface area contributed by atoms with Crippen molar-refractivity contribution in [3.8, 4) is 10.8 Å². The number of aromatic amines is 1. The molecule has 0 aliphatic heterocycles. The van der Waals surface area contributed by atoms with Crippen LogP contribution in [0, 0.1) is 0 Å². The fraction of sp³-hybridized carbons (Fsp3) is 0. The molecule has 0 saturated heterocycles. The third kappa shape index (κ3) is 1.55. The summed E-state index contributed by atoms with van der Waals surface area (Å²) >= 11 is 7.13. The largest absolute Gasteiger partial charge is 0.506 e. The van der Waals surface area contributed by atoms with Gasteiger partial charge in [0, 0.05) is 0 Å². The lowest BCUT2D eigenvalue weighted by molar-refractivity contribution is 0.479. The van der Waals surface area contributed by atoms with Crippen molar-refractivity contribution in [3.05, 3.63) is 45.2 Å². The fourth-order valence-electron chi connectivity index (χ4n) is 1.78. The number of phenolic OH excluding ortho intramolecular Hbond substituents is 1. The Bertz CT molecular complexity index is 756. The zero-order valence-corrected chi connectivity index (χ0v) is 10.0. The van der Waals surface area contributed by atoms with Crippen LogP contribution in [0.3, 0.4) is 0 Å². The second-order valence-electron chi connectivity index (χ2n) is 3.52. The van der Waals surface area contributed by atoms with Gasteiger partial charge in [-0.2, -0.15) is 0 Å². The fourth-order valence-corrected chi connectivity index (χ4v) is 2.81. The van der Waals surface area contributed by atoms with E-state index in [1.807, 2.05) is 0 Å². The zero-order chi connectivity index (χ0) is 12.0. The maximum absolute atomic E-state index is 11.9. The van der Waals surface area contributed by atoms with Crippen molar-refractivity contribution in [1.82, 2.24) is 9.55 Å². The Kier molecular flexibility index (Phi) is 2.24. The molecule has 17 heavy (non-hydrogen) atoms. The number of hydrogen-bond acceptors (Lipinski definition) is 3. The number of nitrogens with one attached hydrogen (secondary N) is 1. The van der Waals surface area contributed by atoms with Crippen molar-refractivity contribution in [2.24, 2.45) is 0 Å². The zero-order valence-electron chi connectivity index (χ0n) is 8.48. The van der Waals surface area contributed by atoms with Crippen LogP contribution in [-0.2, 0) is 0 Å². The number of benzene rings is 1. The molecule has 0 saturated carbocycles. The topological polar surface area (TPSA) is 58.0 Å². The summed E-state index contributed by atoms with van der Waals surface area (Å²) in [7, 11) is 0. The van der Waals surface area contributed by atoms with Gasteiger partial charge in [-0.1, -0.05) is 17.7 Å². The average Bonchev–Trinajstić information content (AvgIpc) is 2.82. The Labute approximate surface area is 105 Å². The van der Waals surface area contributed by atoms with E-state index < -0.39 is 0 Å². The number of thiophene rings is 1. The van der Waals surface area contributed by atoms with Crippen LogP contribution in [0.2, 0.25) is 4.34 Å². The molecule has 6 heteroatoms. The van der Waals surface area contributed by atoms with Gasteiger partial charge in [-0.3, -0.25) is 0 Å². The van der Waals surface area contributed by atoms with Crippen molar-refractivity contribution < 1.29 is 5.11 Å². The van der Waals surface area contributed by atoms with Crippen molar-refractivity contribution in [3.63, 3.8) is 0 Å². The van der Waals surface area contributed by atoms with E-state index in [4.69, 9.17) is 11.6 Å². The predicted molar refractivity (Wildman–Crippen MR) is 68.4 cm³/mol. The minimum absolute atomic E-state index is 0.0605. The summed E-state index contributed by atoms with van der Waals surface area (Å²) in [6.45, 7) is 0. The van der Waals surface area contributed by atoms with E-state index in [9.17, 15) is 9.90 Å². The lowest BCUT2D eigenvalue weighted by atomic mass is 10.3. The highest BCUT2D eigenvalue weighted by molar-refractivity contribution is 7.18. The highest BCUT2D eigenvalue weighted by Crippen LogP contribution is 2.29. The molecule has 2 heterocycles. The second kappa shape index (κ2) is 3.65. The molecule has 0 aliphatic rings. The molecule has 0 spiro atoms. The average molecular weight is 267 g/mol. The lowest BCUT2D eigenvalue weighted by Gasteiger charge is -2.00. The molecule has 1 aromatic carbocycles. The number of aromatic hydroxyl groups is 1. The number of aromatic nitrogens is 2. The van der Waals surface area contributed by atoms with Crippen molar-refractivity contribution in [2.45, 2.75) is 0 Å². The number of para-hydroxylation sites is 1. The van der Waals surface area contributed by atoms with Crippen LogP contribution in [0.25, 0.3) is 16.0 Å². The normalized spacial score (nSPS) is 11.1. The summed E-state index contributed by atoms with van der Waals surface area (Å²) in [5, 5.41) is 10.5. The molecule has 2 aromatic heterocycles. The van der Waals surface area contributed by atoms with Gasteiger partial charge in [-0.15, -0.1) is 11.3 Å². The smallest absolute Gasteiger partial charge is 0.331 e. The van der Waals surface area contributed by atoms with Crippen molar-refractivity contribution >= 4 is 34.0 Å². The van der Waals surface area contributed by atoms with Gasteiger partial charge < -0.3 is 10.1 Å². The molecule has 4 nitrogen and oxygen atoms in total. The van der Waals surface area contributed by atoms with Crippen LogP contribution >= 0.6 is 22.9 Å². The van der Waals surface area contributed by atoms with Crippen LogP contribution in [0.5, 0.6) is 5.75 Å². The number of phenols is 1. The molecular weight excluding hydrogens is 260 g/mol. The Morgan fingerprint density at radius 3 is 2.82 bits per heavy atom. The van der Waals surface area contributed by atoms with Crippen LogP contribution in [0.4, 0.5) is 0 Å². The highest BCUT2D eigenvalue weighted by atomic mass is 35.5. The van der Waals surface area contributed by atoms with Crippen molar-refractivity contribution in [1.29, 1.82) is 0 Å². The first-order valence-corrected chi connectivity index (χ1v) is 6.04. The van der Waals surface area contributed by atoms with E-state index in [1.54, 1.807) is 30.3 Å². The minimum Gasteiger partial charge on any atom is -0.506 e. The summed E-state index contributed by atoms with van der Waals surface area (Å²) in [5.74, 6) is 0.0605. The summed E-state index contributed by atoms with van der Waals surface area (Å²) in [6.07, 6.45) is 0. The van der Waals surface area contributed by atoms with Gasteiger partial charge in [0.15, 0.2) is 0 Å². The molecule has 0 amide bonds. The molecule has 86 valence electrons. The van der Waals surface area contributed by atoms with Crippen molar-refractivity contribution in [2.75, 3.05) is 0 Å². The summed E-state index contributed by atoms with van der Waals surface area (Å²) in [6, 6.07) is 8.42. The molecule has 0 aliphatic carbocycles. The van der Waals surface area contributed by atoms with E-state index >= 15 is 0 Å². The molecule has 0 unspecified atom stereocenters. The first-order chi connectivity index (χ1) is 8.16. The van der Waals surface area contributed by atoms with Crippen LogP contribution in [-0.4, -0.2) is 14.7 Å². The Morgan fingerprint density at radius 2 is 2.12 bits per heavy atom. The first kappa shape index (κ1) is 10.4. The van der Waals surface area contributed by atoms with Crippen LogP contribution in [0.1, 0.15) is 0 Å². The van der Waals surface area contributed by atoms with E-state index in [0.717, 1.165) is 0 Å². The lowest BCUT2D eigenvalue weighted by Crippen LogP contribution is -2.13. The number of rotatable bonds is 1. The Morgan fingerprint density at radius 1 is 1.29 bits per heavy atom. The number of H-pyrrole nitrogens is 1. The molecule has 0 radical (unpaired) electrons. The molecule has 0 fully saturated rings. The van der Waals surface area contributed by atoms with Gasteiger partial charge in [0.25, 0.3) is 0 Å². The van der Waals surface area contributed by atoms with Crippen LogP contribution < -0.4 is 5.69 Å². The molecule has 0 atom stereocenters. The van der Waals surface area contributed by atoms with Gasteiger partial charge in [0.05, 0.1) is 9.85 Å². The number of halogens is 1. The van der Waals surface area contributed by atoms with E-state index in [0.29, 0.717) is 20.4 Å². The third-order valence-electron chi connectivity index (χ3n) is 2.46. The number of nitrogens with zero attached hydrogens (tertiary/aromatic N) is 1. The molecular formula is C11H7ClN2O2S. The second-order valence-corrected chi connectivity index (χ2v) is 5.21. The first-order valence-electron chi connectivity index (χ1n) is 4.85. The third-order valence-corrected chi connectivity index (χ3v) is 3.68. The van der Waals surface area contributed by atoms with E-state index in [1.165, 1.54) is 15.9 Å².